The van der Waals surface area contributed by atoms with Gasteiger partial charge in [0.15, 0.2) is 11.5 Å². The van der Waals surface area contributed by atoms with Crippen molar-refractivity contribution in [3.05, 3.63) is 142 Å². The number of hydrogen-bond acceptors (Lipinski definition) is 9. The Morgan fingerprint density at radius 1 is 0.880 bits per heavy atom. The molecule has 0 saturated carbocycles. The molecule has 1 aliphatic heterocycles. The van der Waals surface area contributed by atoms with E-state index < -0.39 is 15.9 Å². The number of aryl methyl sites for hydroxylation is 1. The smallest absolute Gasteiger partial charge is 0.265 e. The van der Waals surface area contributed by atoms with E-state index in [0.29, 0.717) is 28.9 Å². The maximum absolute atomic E-state index is 13.3. The van der Waals surface area contributed by atoms with Crippen LogP contribution in [0.5, 0.6) is 11.5 Å². The largest absolute Gasteiger partial charge is 0.454 e. The summed E-state index contributed by atoms with van der Waals surface area (Å²) in [6.07, 6.45) is 1.73. The van der Waals surface area contributed by atoms with Crippen molar-refractivity contribution in [3.8, 4) is 11.5 Å². The van der Waals surface area contributed by atoms with E-state index in [2.05, 4.69) is 21.8 Å². The number of sulfonamides is 1. The number of aromatic nitrogens is 1. The van der Waals surface area contributed by atoms with E-state index in [0.717, 1.165) is 40.4 Å². The number of carbonyl (C=O) groups excluding carboxylic acids is 2. The van der Waals surface area contributed by atoms with Gasteiger partial charge in [-0.15, -0.1) is 23.1 Å². The molecule has 7 rings (SSSR count). The van der Waals surface area contributed by atoms with Crippen LogP contribution in [0.15, 0.2) is 124 Å². The third-order valence-electron chi connectivity index (χ3n) is 8.37. The Hall–Kier alpha value is -4.88. The van der Waals surface area contributed by atoms with Crippen molar-refractivity contribution in [2.24, 2.45) is 7.05 Å². The average molecular weight is 724 g/mol. The first-order valence-electron chi connectivity index (χ1n) is 15.9. The number of rotatable bonds is 13. The summed E-state index contributed by atoms with van der Waals surface area (Å²) >= 11 is 3.12. The topological polar surface area (TPSA) is 107 Å². The molecule has 0 saturated heterocycles. The summed E-state index contributed by atoms with van der Waals surface area (Å²) in [7, 11) is -2.35. The Morgan fingerprint density at radius 2 is 1.64 bits per heavy atom. The normalized spacial score (nSPS) is 12.4. The predicted octanol–water partition coefficient (Wildman–Crippen LogP) is 7.11. The van der Waals surface area contributed by atoms with Crippen molar-refractivity contribution < 1.29 is 27.5 Å². The molecule has 0 unspecified atom stereocenters. The molecule has 254 valence electrons. The maximum Gasteiger partial charge on any atom is 0.265 e. The van der Waals surface area contributed by atoms with Crippen molar-refractivity contribution in [1.29, 1.82) is 0 Å². The number of amides is 1. The highest BCUT2D eigenvalue weighted by Crippen LogP contribution is 2.33. The standard InChI is InChI=1S/C38H33N3O6S3/c1-40-24-32(37(42)36-8-5-18-49-36)31-21-28(12-15-33(31)40)38(43)39-50(44,45)30-13-9-26(10-14-30)22-41(17-19-48-29-6-3-2-4-7-29)23-27-11-16-34-35(20-27)47-25-46-34/h2-16,18,20-21,24H,17,19,22-23,25H2,1H3,(H,39,43). The lowest BCUT2D eigenvalue weighted by Crippen LogP contribution is -2.30. The Bertz CT molecular complexity index is 2270. The second-order valence-electron chi connectivity index (χ2n) is 11.8. The van der Waals surface area contributed by atoms with Gasteiger partial charge >= 0.3 is 0 Å². The van der Waals surface area contributed by atoms with Gasteiger partial charge in [-0.1, -0.05) is 42.5 Å². The summed E-state index contributed by atoms with van der Waals surface area (Å²) in [6, 6.07) is 31.2. The van der Waals surface area contributed by atoms with Crippen molar-refractivity contribution in [3.63, 3.8) is 0 Å². The van der Waals surface area contributed by atoms with Gasteiger partial charge in [0.05, 0.1) is 9.77 Å². The molecule has 4 aromatic carbocycles. The number of benzene rings is 4. The van der Waals surface area contributed by atoms with E-state index in [1.165, 1.54) is 28.4 Å². The first-order chi connectivity index (χ1) is 24.2. The first kappa shape index (κ1) is 33.6. The molecule has 1 aliphatic rings. The van der Waals surface area contributed by atoms with Crippen molar-refractivity contribution in [2.45, 2.75) is 22.9 Å². The number of nitrogens with one attached hydrogen (secondary N) is 1. The SMILES string of the molecule is Cn1cc(C(=O)c2cccs2)c2cc(C(=O)NS(=O)(=O)c3ccc(CN(CCSc4ccccc4)Cc4ccc5c(c4)OCO5)cc3)ccc21. The van der Waals surface area contributed by atoms with Crippen LogP contribution < -0.4 is 14.2 Å². The molecular formula is C38H33N3O6S3. The fourth-order valence-corrected chi connectivity index (χ4v) is 8.43. The first-order valence-corrected chi connectivity index (χ1v) is 19.2. The minimum Gasteiger partial charge on any atom is -0.454 e. The van der Waals surface area contributed by atoms with Gasteiger partial charge in [0, 0.05) is 65.6 Å². The monoisotopic (exact) mass is 723 g/mol. The number of ketones is 1. The zero-order valence-electron chi connectivity index (χ0n) is 27.1. The van der Waals surface area contributed by atoms with Gasteiger partial charge in [-0.25, -0.2) is 13.1 Å². The van der Waals surface area contributed by atoms with Crippen LogP contribution in [0, 0.1) is 0 Å². The number of hydrogen-bond donors (Lipinski definition) is 1. The maximum atomic E-state index is 13.3. The van der Waals surface area contributed by atoms with E-state index in [9.17, 15) is 18.0 Å². The van der Waals surface area contributed by atoms with Crippen LogP contribution in [0.4, 0.5) is 0 Å². The number of fused-ring (bicyclic) bond motifs is 2. The van der Waals surface area contributed by atoms with Crippen LogP contribution >= 0.6 is 23.1 Å². The Labute approximate surface area is 298 Å². The lowest BCUT2D eigenvalue weighted by molar-refractivity contribution is 0.0980. The molecule has 1 amide bonds. The second-order valence-corrected chi connectivity index (χ2v) is 15.6. The Kier molecular flexibility index (Phi) is 9.77. The second kappa shape index (κ2) is 14.5. The summed E-state index contributed by atoms with van der Waals surface area (Å²) in [6.45, 7) is 2.25. The molecule has 12 heteroatoms. The molecule has 0 fully saturated rings. The van der Waals surface area contributed by atoms with Crippen LogP contribution in [0.3, 0.4) is 0 Å². The third-order valence-corrected chi connectivity index (χ3v) is 11.6. The molecule has 0 bridgehead atoms. The zero-order valence-corrected chi connectivity index (χ0v) is 29.5. The summed E-state index contributed by atoms with van der Waals surface area (Å²) in [4.78, 5) is 30.5. The molecule has 1 N–H and O–H groups in total. The minimum atomic E-state index is -4.17. The van der Waals surface area contributed by atoms with Crippen molar-refractivity contribution >= 4 is 55.7 Å². The highest BCUT2D eigenvalue weighted by molar-refractivity contribution is 7.99. The number of carbonyl (C=O) groups is 2. The predicted molar refractivity (Wildman–Crippen MR) is 196 cm³/mol. The highest BCUT2D eigenvalue weighted by atomic mass is 32.2. The van der Waals surface area contributed by atoms with Gasteiger partial charge in [0.2, 0.25) is 12.6 Å². The molecule has 0 radical (unpaired) electrons. The average Bonchev–Trinajstić information content (AvgIpc) is 3.89. The quantitative estimate of drug-likeness (QED) is 0.0993. The molecular weight excluding hydrogens is 691 g/mol. The van der Waals surface area contributed by atoms with E-state index >= 15 is 0 Å². The van der Waals surface area contributed by atoms with E-state index in [1.807, 2.05) is 59.5 Å². The van der Waals surface area contributed by atoms with Crippen LogP contribution in [0.1, 0.15) is 36.7 Å². The molecule has 0 atom stereocenters. The van der Waals surface area contributed by atoms with Gasteiger partial charge in [-0.2, -0.15) is 0 Å². The van der Waals surface area contributed by atoms with E-state index in [1.54, 1.807) is 54.4 Å². The minimum absolute atomic E-state index is 0.0223. The van der Waals surface area contributed by atoms with Gasteiger partial charge in [-0.3, -0.25) is 14.5 Å². The van der Waals surface area contributed by atoms with Gasteiger partial charge in [-0.05, 0) is 77.2 Å². The van der Waals surface area contributed by atoms with Crippen molar-refractivity contribution in [1.82, 2.24) is 14.2 Å². The van der Waals surface area contributed by atoms with E-state index in [-0.39, 0.29) is 23.0 Å². The summed E-state index contributed by atoms with van der Waals surface area (Å²) in [5.74, 6) is 1.40. The fourth-order valence-electron chi connectivity index (χ4n) is 5.85. The van der Waals surface area contributed by atoms with Gasteiger partial charge in [0.25, 0.3) is 15.9 Å². The van der Waals surface area contributed by atoms with Crippen LogP contribution in [0.2, 0.25) is 0 Å². The Morgan fingerprint density at radius 3 is 2.42 bits per heavy atom. The molecule has 9 nitrogen and oxygen atoms in total. The molecule has 0 aliphatic carbocycles. The van der Waals surface area contributed by atoms with Gasteiger partial charge in [0.1, 0.15) is 0 Å². The van der Waals surface area contributed by atoms with Gasteiger partial charge < -0.3 is 14.0 Å². The highest BCUT2D eigenvalue weighted by Gasteiger charge is 2.22. The lowest BCUT2D eigenvalue weighted by Gasteiger charge is -2.23. The molecule has 6 aromatic rings. The molecule has 3 heterocycles. The van der Waals surface area contributed by atoms with Crippen LogP contribution in [0.25, 0.3) is 10.9 Å². The summed E-state index contributed by atoms with van der Waals surface area (Å²) < 4.78 is 41.7. The number of thioether (sulfide) groups is 1. The summed E-state index contributed by atoms with van der Waals surface area (Å²) in [5.41, 5.74) is 3.35. The van der Waals surface area contributed by atoms with Crippen LogP contribution in [-0.2, 0) is 30.2 Å². The lowest BCUT2D eigenvalue weighted by atomic mass is 10.1. The molecule has 2 aromatic heterocycles. The zero-order chi connectivity index (χ0) is 34.7. The van der Waals surface area contributed by atoms with Crippen LogP contribution in [-0.4, -0.2) is 48.7 Å². The fraction of sp³-hybridized carbons (Fsp3) is 0.158. The Balaban J connectivity index is 1.04. The van der Waals surface area contributed by atoms with E-state index in [4.69, 9.17) is 9.47 Å². The van der Waals surface area contributed by atoms with Crippen molar-refractivity contribution in [2.75, 3.05) is 19.1 Å². The molecule has 0 spiro atoms. The number of nitrogens with zero attached hydrogens (tertiary/aromatic N) is 2. The third kappa shape index (κ3) is 7.48. The molecule has 50 heavy (non-hydrogen) atoms. The number of ether oxygens (including phenoxy) is 2. The number of thiophene rings is 1. The summed E-state index contributed by atoms with van der Waals surface area (Å²) in [5, 5.41) is 2.41.